The first-order valence-electron chi connectivity index (χ1n) is 11.9. The number of amides is 1. The van der Waals surface area contributed by atoms with Gasteiger partial charge < -0.3 is 14.9 Å². The zero-order chi connectivity index (χ0) is 25.1. The van der Waals surface area contributed by atoms with Gasteiger partial charge in [-0.2, -0.15) is 0 Å². The number of aliphatic hydroxyl groups excluding tert-OH is 1. The summed E-state index contributed by atoms with van der Waals surface area (Å²) in [6.07, 6.45) is 2.78. The maximum Gasteiger partial charge on any atom is 0.290 e. The molecule has 0 aliphatic carbocycles. The lowest BCUT2D eigenvalue weighted by atomic mass is 9.94. The van der Waals surface area contributed by atoms with Gasteiger partial charge in [0.2, 0.25) is 5.78 Å². The molecular weight excluding hydrogens is 458 g/mol. The Bertz CT molecular complexity index is 1250. The van der Waals surface area contributed by atoms with E-state index >= 15 is 0 Å². The van der Waals surface area contributed by atoms with Crippen molar-refractivity contribution < 1.29 is 14.7 Å². The highest BCUT2D eigenvalue weighted by atomic mass is 32.1. The average molecular weight is 490 g/mol. The molecule has 0 radical (unpaired) electrons. The molecule has 3 aromatic rings. The molecule has 35 heavy (non-hydrogen) atoms. The van der Waals surface area contributed by atoms with Gasteiger partial charge in [0, 0.05) is 31.9 Å². The number of aliphatic hydroxyl groups is 1. The summed E-state index contributed by atoms with van der Waals surface area (Å²) in [6, 6.07) is 16.9. The molecule has 1 unspecified atom stereocenters. The number of hydrogen-bond donors (Lipinski definition) is 1. The van der Waals surface area contributed by atoms with E-state index in [4.69, 9.17) is 0 Å². The van der Waals surface area contributed by atoms with Crippen molar-refractivity contribution in [1.29, 1.82) is 0 Å². The van der Waals surface area contributed by atoms with Gasteiger partial charge in [0.05, 0.1) is 22.2 Å². The van der Waals surface area contributed by atoms with Gasteiger partial charge >= 0.3 is 0 Å². The van der Waals surface area contributed by atoms with Crippen LogP contribution in [0.15, 0.2) is 65.9 Å². The van der Waals surface area contributed by atoms with Crippen molar-refractivity contribution in [3.8, 4) is 10.6 Å². The van der Waals surface area contributed by atoms with Crippen LogP contribution in [-0.2, 0) is 4.79 Å². The van der Waals surface area contributed by atoms with Crippen LogP contribution in [-0.4, -0.2) is 47.3 Å². The summed E-state index contributed by atoms with van der Waals surface area (Å²) in [6.45, 7) is 4.37. The van der Waals surface area contributed by atoms with Crippen LogP contribution in [0.1, 0.15) is 53.2 Å². The van der Waals surface area contributed by atoms with Gasteiger partial charge in [-0.3, -0.25) is 9.59 Å². The number of anilines is 1. The molecule has 1 N–H and O–H groups in total. The zero-order valence-electron chi connectivity index (χ0n) is 20.6. The molecule has 0 fully saturated rings. The van der Waals surface area contributed by atoms with Crippen molar-refractivity contribution in [2.24, 2.45) is 0 Å². The summed E-state index contributed by atoms with van der Waals surface area (Å²) in [5.74, 6) is -1.29. The van der Waals surface area contributed by atoms with Gasteiger partial charge in [-0.15, -0.1) is 11.3 Å². The molecule has 7 heteroatoms. The number of thiazole rings is 1. The van der Waals surface area contributed by atoms with E-state index in [-0.39, 0.29) is 11.4 Å². The molecule has 1 atom stereocenters. The number of nitrogens with zero attached hydrogens (tertiary/aromatic N) is 3. The van der Waals surface area contributed by atoms with E-state index in [2.05, 4.69) is 11.9 Å². The van der Waals surface area contributed by atoms with Gasteiger partial charge in [-0.05, 0) is 31.0 Å². The number of ketones is 1. The van der Waals surface area contributed by atoms with E-state index in [0.717, 1.165) is 41.1 Å². The highest BCUT2D eigenvalue weighted by Gasteiger charge is 2.44. The van der Waals surface area contributed by atoms with E-state index in [9.17, 15) is 14.7 Å². The molecule has 2 heterocycles. The molecule has 0 saturated heterocycles. The predicted molar refractivity (Wildman–Crippen MR) is 141 cm³/mol. The average Bonchev–Trinajstić information content (AvgIpc) is 3.37. The predicted octanol–water partition coefficient (Wildman–Crippen LogP) is 5.95. The van der Waals surface area contributed by atoms with Gasteiger partial charge in [0.15, 0.2) is 5.76 Å². The number of aryl methyl sites for hydroxylation is 1. The largest absolute Gasteiger partial charge is 0.503 e. The van der Waals surface area contributed by atoms with E-state index in [0.29, 0.717) is 17.1 Å². The Morgan fingerprint density at radius 3 is 2.40 bits per heavy atom. The summed E-state index contributed by atoms with van der Waals surface area (Å²) in [4.78, 5) is 35.7. The van der Waals surface area contributed by atoms with Gasteiger partial charge in [0.1, 0.15) is 5.01 Å². The van der Waals surface area contributed by atoms with Crippen LogP contribution >= 0.6 is 11.3 Å². The Morgan fingerprint density at radius 1 is 1.09 bits per heavy atom. The summed E-state index contributed by atoms with van der Waals surface area (Å²) < 4.78 is 0. The standard InChI is InChI=1S/C28H31N3O3S/c1-5-6-10-17-31-23(19-13-15-21(16-14-19)30(3)4)22(25(33)28(31)34)24(32)26-18(2)29-27(35-26)20-11-8-7-9-12-20/h7-9,11-16,23,33H,5-6,10,17H2,1-4H3. The highest BCUT2D eigenvalue weighted by molar-refractivity contribution is 7.17. The van der Waals surface area contributed by atoms with Crippen LogP contribution in [0.3, 0.4) is 0 Å². The lowest BCUT2D eigenvalue weighted by Crippen LogP contribution is -2.32. The van der Waals surface area contributed by atoms with Crippen molar-refractivity contribution in [2.75, 3.05) is 25.5 Å². The summed E-state index contributed by atoms with van der Waals surface area (Å²) in [5.41, 5.74) is 3.48. The minimum absolute atomic E-state index is 0.135. The van der Waals surface area contributed by atoms with Crippen molar-refractivity contribution in [3.63, 3.8) is 0 Å². The second-order valence-corrected chi connectivity index (χ2v) is 9.98. The molecule has 1 aromatic heterocycles. The van der Waals surface area contributed by atoms with Crippen molar-refractivity contribution in [3.05, 3.63) is 82.1 Å². The Balaban J connectivity index is 1.75. The van der Waals surface area contributed by atoms with Gasteiger partial charge in [-0.25, -0.2) is 4.98 Å². The number of Topliss-reactive ketones (excluding diaryl/α,β-unsaturated/α-hetero) is 1. The smallest absolute Gasteiger partial charge is 0.290 e. The number of carbonyl (C=O) groups is 2. The van der Waals surface area contributed by atoms with Crippen molar-refractivity contribution in [2.45, 2.75) is 39.2 Å². The number of carbonyl (C=O) groups excluding carboxylic acids is 2. The molecule has 1 amide bonds. The molecule has 0 saturated carbocycles. The molecule has 4 rings (SSSR count). The van der Waals surface area contributed by atoms with Crippen LogP contribution < -0.4 is 4.90 Å². The third-order valence-electron chi connectivity index (χ3n) is 6.30. The minimum Gasteiger partial charge on any atom is -0.503 e. The topological polar surface area (TPSA) is 73.7 Å². The van der Waals surface area contributed by atoms with Crippen LogP contribution in [0.5, 0.6) is 0 Å². The first kappa shape index (κ1) is 24.7. The maximum absolute atomic E-state index is 13.9. The summed E-state index contributed by atoms with van der Waals surface area (Å²) in [7, 11) is 3.92. The zero-order valence-corrected chi connectivity index (χ0v) is 21.4. The summed E-state index contributed by atoms with van der Waals surface area (Å²) >= 11 is 1.29. The lowest BCUT2D eigenvalue weighted by molar-refractivity contribution is -0.129. The van der Waals surface area contributed by atoms with Crippen molar-refractivity contribution >= 4 is 28.7 Å². The van der Waals surface area contributed by atoms with Crippen molar-refractivity contribution in [1.82, 2.24) is 9.88 Å². The minimum atomic E-state index is -0.634. The monoisotopic (exact) mass is 489 g/mol. The normalized spacial score (nSPS) is 15.7. The van der Waals surface area contributed by atoms with Crippen LogP contribution in [0.4, 0.5) is 5.69 Å². The second-order valence-electron chi connectivity index (χ2n) is 8.99. The number of rotatable bonds is 9. The van der Waals surface area contributed by atoms with Crippen LogP contribution in [0.25, 0.3) is 10.6 Å². The first-order chi connectivity index (χ1) is 16.8. The number of aromatic nitrogens is 1. The quantitative estimate of drug-likeness (QED) is 0.297. The fourth-order valence-corrected chi connectivity index (χ4v) is 5.41. The second kappa shape index (κ2) is 10.4. The summed E-state index contributed by atoms with van der Waals surface area (Å²) in [5, 5.41) is 11.7. The van der Waals surface area contributed by atoms with E-state index < -0.39 is 17.7 Å². The van der Waals surface area contributed by atoms with Crippen LogP contribution in [0, 0.1) is 6.92 Å². The molecule has 6 nitrogen and oxygen atoms in total. The highest BCUT2D eigenvalue weighted by Crippen LogP contribution is 2.41. The molecule has 1 aliphatic rings. The Morgan fingerprint density at radius 2 is 1.77 bits per heavy atom. The third kappa shape index (κ3) is 4.86. The first-order valence-corrected chi connectivity index (χ1v) is 12.7. The molecular formula is C28H31N3O3S. The molecule has 0 spiro atoms. The maximum atomic E-state index is 13.9. The fourth-order valence-electron chi connectivity index (χ4n) is 4.38. The van der Waals surface area contributed by atoms with Gasteiger partial charge in [-0.1, -0.05) is 62.2 Å². The Hall–Kier alpha value is -3.45. The van der Waals surface area contributed by atoms with E-state index in [1.54, 1.807) is 11.8 Å². The van der Waals surface area contributed by atoms with E-state index in [1.165, 1.54) is 11.3 Å². The Labute approximate surface area is 210 Å². The van der Waals surface area contributed by atoms with E-state index in [1.807, 2.05) is 73.6 Å². The lowest BCUT2D eigenvalue weighted by Gasteiger charge is -2.27. The number of unbranched alkanes of at least 4 members (excludes halogenated alkanes) is 2. The Kier molecular flexibility index (Phi) is 7.36. The van der Waals surface area contributed by atoms with Crippen LogP contribution in [0.2, 0.25) is 0 Å². The number of benzene rings is 2. The molecule has 182 valence electrons. The fraction of sp³-hybridized carbons (Fsp3) is 0.321. The third-order valence-corrected chi connectivity index (χ3v) is 7.50. The molecule has 0 bridgehead atoms. The SMILES string of the molecule is CCCCCN1C(=O)C(O)=C(C(=O)c2sc(-c3ccccc3)nc2C)C1c1ccc(N(C)C)cc1. The molecule has 1 aliphatic heterocycles. The molecule has 2 aromatic carbocycles. The van der Waals surface area contributed by atoms with Gasteiger partial charge in [0.25, 0.3) is 5.91 Å². The number of hydrogen-bond acceptors (Lipinski definition) is 6.